The number of sulfonamides is 1. The quantitative estimate of drug-likeness (QED) is 0.833. The molecule has 2 heterocycles. The molecule has 1 aliphatic rings. The van der Waals surface area contributed by atoms with E-state index in [-0.39, 0.29) is 23.8 Å². The fraction of sp³-hybridized carbons (Fsp3) is 0.312. The number of rotatable bonds is 4. The molecule has 0 unspecified atom stereocenters. The van der Waals surface area contributed by atoms with E-state index in [0.29, 0.717) is 35.5 Å². The van der Waals surface area contributed by atoms with Gasteiger partial charge in [0.25, 0.3) is 11.5 Å². The maximum absolute atomic E-state index is 12.6. The zero-order chi connectivity index (χ0) is 18.0. The molecule has 3 rings (SSSR count). The number of anilines is 1. The lowest BCUT2D eigenvalue weighted by Gasteiger charge is -2.27. The van der Waals surface area contributed by atoms with Crippen molar-refractivity contribution in [3.63, 3.8) is 0 Å². The zero-order valence-electron chi connectivity index (χ0n) is 13.7. The summed E-state index contributed by atoms with van der Waals surface area (Å²) in [6, 6.07) is 6.27. The van der Waals surface area contributed by atoms with Crippen LogP contribution in [0.2, 0.25) is 0 Å². The van der Waals surface area contributed by atoms with Crippen LogP contribution in [0.15, 0.2) is 35.4 Å². The Morgan fingerprint density at radius 2 is 2.04 bits per heavy atom. The summed E-state index contributed by atoms with van der Waals surface area (Å²) < 4.78 is 25.5. The van der Waals surface area contributed by atoms with Gasteiger partial charge in [0.1, 0.15) is 0 Å². The lowest BCUT2D eigenvalue weighted by molar-refractivity contribution is 0.0731. The molecular weight excluding hydrogens is 344 g/mol. The number of carbonyl (C=O) groups excluding carboxylic acids is 1. The van der Waals surface area contributed by atoms with Crippen molar-refractivity contribution in [1.29, 1.82) is 0 Å². The van der Waals surface area contributed by atoms with Gasteiger partial charge in [0.15, 0.2) is 0 Å². The molecule has 0 spiro atoms. The van der Waals surface area contributed by atoms with E-state index >= 15 is 0 Å². The first-order chi connectivity index (χ1) is 11.9. The van der Waals surface area contributed by atoms with E-state index in [1.54, 1.807) is 36.1 Å². The highest BCUT2D eigenvalue weighted by atomic mass is 32.2. The first-order valence-electron chi connectivity index (χ1n) is 7.85. The van der Waals surface area contributed by atoms with E-state index < -0.39 is 10.0 Å². The third kappa shape index (κ3) is 3.71. The smallest absolute Gasteiger partial charge is 0.254 e. The third-order valence-electron chi connectivity index (χ3n) is 4.08. The lowest BCUT2D eigenvalue weighted by atomic mass is 10.1. The van der Waals surface area contributed by atoms with Gasteiger partial charge in [-0.3, -0.25) is 14.3 Å². The number of hydrogen-bond donors (Lipinski definition) is 2. The first kappa shape index (κ1) is 17.2. The Balaban J connectivity index is 1.75. The third-order valence-corrected chi connectivity index (χ3v) is 5.39. The second-order valence-electron chi connectivity index (χ2n) is 5.72. The Hall–Kier alpha value is -2.68. The molecule has 1 amide bonds. The lowest BCUT2D eigenvalue weighted by Crippen LogP contribution is -2.38. The topological polar surface area (TPSA) is 112 Å². The van der Waals surface area contributed by atoms with Gasteiger partial charge in [-0.15, -0.1) is 0 Å². The van der Waals surface area contributed by atoms with E-state index in [9.17, 15) is 18.0 Å². The van der Waals surface area contributed by atoms with Crippen molar-refractivity contribution in [1.82, 2.24) is 14.9 Å². The zero-order valence-corrected chi connectivity index (χ0v) is 14.5. The van der Waals surface area contributed by atoms with Crippen LogP contribution in [0.4, 0.5) is 5.69 Å². The molecule has 0 fully saturated rings. The number of carbonyl (C=O) groups is 1. The molecule has 0 atom stereocenters. The van der Waals surface area contributed by atoms with Crippen molar-refractivity contribution in [3.05, 3.63) is 57.8 Å². The molecule has 132 valence electrons. The predicted octanol–water partition coefficient (Wildman–Crippen LogP) is 0.730. The number of aromatic amines is 1. The molecule has 0 saturated carbocycles. The van der Waals surface area contributed by atoms with Crippen LogP contribution < -0.4 is 10.3 Å². The molecule has 25 heavy (non-hydrogen) atoms. The van der Waals surface area contributed by atoms with Gasteiger partial charge in [0.05, 0.1) is 24.3 Å². The average molecular weight is 362 g/mol. The molecule has 0 radical (unpaired) electrons. The van der Waals surface area contributed by atoms with Gasteiger partial charge in [0.2, 0.25) is 10.0 Å². The molecular formula is C16H18N4O4S. The number of benzene rings is 1. The van der Waals surface area contributed by atoms with Crippen molar-refractivity contribution in [2.24, 2.45) is 0 Å². The van der Waals surface area contributed by atoms with E-state index in [1.807, 2.05) is 0 Å². The van der Waals surface area contributed by atoms with Crippen LogP contribution in [0.1, 0.15) is 28.5 Å². The Bertz CT molecular complexity index is 951. The van der Waals surface area contributed by atoms with Gasteiger partial charge < -0.3 is 9.88 Å². The highest BCUT2D eigenvalue weighted by Gasteiger charge is 2.24. The molecule has 9 heteroatoms. The molecule has 1 aromatic carbocycles. The molecule has 1 aliphatic heterocycles. The van der Waals surface area contributed by atoms with Gasteiger partial charge in [-0.2, -0.15) is 0 Å². The van der Waals surface area contributed by atoms with Crippen molar-refractivity contribution in [3.8, 4) is 0 Å². The van der Waals surface area contributed by atoms with Gasteiger partial charge in [0, 0.05) is 23.4 Å². The van der Waals surface area contributed by atoms with E-state index in [0.717, 1.165) is 0 Å². The minimum atomic E-state index is -3.35. The Labute approximate surface area is 145 Å². The van der Waals surface area contributed by atoms with Crippen molar-refractivity contribution < 1.29 is 13.2 Å². The maximum Gasteiger partial charge on any atom is 0.254 e. The number of nitrogens with zero attached hydrogens (tertiary/aromatic N) is 2. The number of aromatic nitrogens is 2. The predicted molar refractivity (Wildman–Crippen MR) is 92.8 cm³/mol. The molecule has 0 saturated heterocycles. The number of H-pyrrole nitrogens is 1. The molecule has 8 nitrogen and oxygen atoms in total. The minimum absolute atomic E-state index is 0.0208. The van der Waals surface area contributed by atoms with E-state index in [1.165, 1.54) is 6.33 Å². The molecule has 0 aliphatic carbocycles. The minimum Gasteiger partial charge on any atom is -0.332 e. The normalized spacial score (nSPS) is 14.0. The van der Waals surface area contributed by atoms with Crippen LogP contribution in [0.25, 0.3) is 0 Å². The highest BCUT2D eigenvalue weighted by Crippen LogP contribution is 2.18. The monoisotopic (exact) mass is 362 g/mol. The maximum atomic E-state index is 12.6. The standard InChI is InChI=1S/C16H18N4O4S/c1-2-25(23,24)19-12-5-3-11(4-6-12)16(22)20-8-7-13-14(9-20)17-10-18-15(13)21/h3-6,10,19H,2,7-9H2,1H3,(H,17,18,21). The molecule has 2 N–H and O–H groups in total. The van der Waals surface area contributed by atoms with Gasteiger partial charge >= 0.3 is 0 Å². The Kier molecular flexibility index (Phi) is 4.58. The summed E-state index contributed by atoms with van der Waals surface area (Å²) in [6.45, 7) is 2.26. The van der Waals surface area contributed by atoms with Crippen LogP contribution in [-0.4, -0.2) is 41.5 Å². The summed E-state index contributed by atoms with van der Waals surface area (Å²) in [5, 5.41) is 0. The largest absolute Gasteiger partial charge is 0.332 e. The summed E-state index contributed by atoms with van der Waals surface area (Å²) in [7, 11) is -3.35. The summed E-state index contributed by atoms with van der Waals surface area (Å²) in [5.74, 6) is -0.204. The summed E-state index contributed by atoms with van der Waals surface area (Å²) in [6.07, 6.45) is 1.79. The van der Waals surface area contributed by atoms with Crippen molar-refractivity contribution in [2.45, 2.75) is 19.9 Å². The van der Waals surface area contributed by atoms with E-state index in [4.69, 9.17) is 0 Å². The van der Waals surface area contributed by atoms with Crippen LogP contribution >= 0.6 is 0 Å². The fourth-order valence-electron chi connectivity index (χ4n) is 2.65. The Morgan fingerprint density at radius 3 is 2.72 bits per heavy atom. The first-order valence-corrected chi connectivity index (χ1v) is 9.50. The van der Waals surface area contributed by atoms with Crippen LogP contribution in [-0.2, 0) is 23.0 Å². The molecule has 2 aromatic rings. The summed E-state index contributed by atoms with van der Waals surface area (Å²) in [4.78, 5) is 32.7. The summed E-state index contributed by atoms with van der Waals surface area (Å²) in [5.41, 5.74) is 1.93. The molecule has 1 aromatic heterocycles. The van der Waals surface area contributed by atoms with Gasteiger partial charge in [-0.05, 0) is 37.6 Å². The van der Waals surface area contributed by atoms with Gasteiger partial charge in [-0.1, -0.05) is 0 Å². The Morgan fingerprint density at radius 1 is 1.32 bits per heavy atom. The van der Waals surface area contributed by atoms with Crippen LogP contribution in [0.3, 0.4) is 0 Å². The molecule has 0 bridgehead atoms. The van der Waals surface area contributed by atoms with Crippen LogP contribution in [0, 0.1) is 0 Å². The highest BCUT2D eigenvalue weighted by molar-refractivity contribution is 7.92. The fourth-order valence-corrected chi connectivity index (χ4v) is 3.29. The van der Waals surface area contributed by atoms with Crippen molar-refractivity contribution in [2.75, 3.05) is 17.0 Å². The summed E-state index contributed by atoms with van der Waals surface area (Å²) >= 11 is 0. The number of nitrogens with one attached hydrogen (secondary N) is 2. The second-order valence-corrected chi connectivity index (χ2v) is 7.73. The van der Waals surface area contributed by atoms with Crippen molar-refractivity contribution >= 4 is 21.6 Å². The number of amides is 1. The van der Waals surface area contributed by atoms with Crippen LogP contribution in [0.5, 0.6) is 0 Å². The van der Waals surface area contributed by atoms with Gasteiger partial charge in [-0.25, -0.2) is 13.4 Å². The second kappa shape index (κ2) is 6.67. The average Bonchev–Trinajstić information content (AvgIpc) is 2.61. The SMILES string of the molecule is CCS(=O)(=O)Nc1ccc(C(=O)N2CCc3c(nc[nH]c3=O)C2)cc1. The number of fused-ring (bicyclic) bond motifs is 1. The van der Waals surface area contributed by atoms with E-state index in [2.05, 4.69) is 14.7 Å². The number of hydrogen-bond acceptors (Lipinski definition) is 5.